The number of hydrogen-bond acceptors (Lipinski definition) is 1. The summed E-state index contributed by atoms with van der Waals surface area (Å²) >= 11 is 0. The Morgan fingerprint density at radius 2 is 2.14 bits per heavy atom. The monoisotopic (exact) mass is 108 g/mol. The van der Waals surface area contributed by atoms with Crippen LogP contribution in [0, 0.1) is 0 Å². The summed E-state index contributed by atoms with van der Waals surface area (Å²) in [5, 5.41) is 0. The van der Waals surface area contributed by atoms with Crippen molar-refractivity contribution in [3.63, 3.8) is 0 Å². The van der Waals surface area contributed by atoms with Crippen molar-refractivity contribution in [3.8, 4) is 0 Å². The highest BCUT2D eigenvalue weighted by atomic mass is 19.3. The molecular formula is C4H6F2O. The van der Waals surface area contributed by atoms with E-state index in [0.29, 0.717) is 6.42 Å². The second-order valence-electron chi connectivity index (χ2n) is 1.59. The lowest BCUT2D eigenvalue weighted by molar-refractivity contribution is -0.205. The Labute approximate surface area is 40.3 Å². The Kier molecular flexibility index (Phi) is 0.995. The summed E-state index contributed by atoms with van der Waals surface area (Å²) in [6.07, 6.45) is -2.42. The highest BCUT2D eigenvalue weighted by Crippen LogP contribution is 2.27. The number of rotatable bonds is 0. The van der Waals surface area contributed by atoms with Gasteiger partial charge in [-0.1, -0.05) is 0 Å². The molecule has 1 aliphatic rings. The zero-order chi connectivity index (χ0) is 5.33. The van der Waals surface area contributed by atoms with Crippen LogP contribution in [-0.2, 0) is 4.74 Å². The first-order valence-corrected chi connectivity index (χ1v) is 2.22. The molecule has 0 N–H and O–H groups in total. The molecule has 1 heterocycles. The van der Waals surface area contributed by atoms with E-state index < -0.39 is 6.11 Å². The predicted molar refractivity (Wildman–Crippen MR) is 20.1 cm³/mol. The van der Waals surface area contributed by atoms with Gasteiger partial charge in [-0.15, -0.1) is 0 Å². The first-order chi connectivity index (χ1) is 3.21. The van der Waals surface area contributed by atoms with Crippen LogP contribution in [0.3, 0.4) is 0 Å². The SMILES string of the molecule is FC1(F)CCCO1. The molecule has 0 aliphatic carbocycles. The summed E-state index contributed by atoms with van der Waals surface area (Å²) in [7, 11) is 0. The fourth-order valence-electron chi connectivity index (χ4n) is 0.572. The summed E-state index contributed by atoms with van der Waals surface area (Å²) in [5.41, 5.74) is 0. The number of hydrogen-bond donors (Lipinski definition) is 0. The zero-order valence-electron chi connectivity index (χ0n) is 3.79. The minimum absolute atomic E-state index is 0.104. The van der Waals surface area contributed by atoms with Crippen molar-refractivity contribution in [2.45, 2.75) is 19.0 Å². The van der Waals surface area contributed by atoms with Crippen LogP contribution < -0.4 is 0 Å². The van der Waals surface area contributed by atoms with E-state index in [1.54, 1.807) is 0 Å². The van der Waals surface area contributed by atoms with Gasteiger partial charge in [0.15, 0.2) is 0 Å². The lowest BCUT2D eigenvalue weighted by Gasteiger charge is -2.03. The standard InChI is InChI=1S/C4H6F2O/c5-4(6)2-1-3-7-4/h1-3H2. The molecule has 0 atom stereocenters. The highest BCUT2D eigenvalue weighted by molar-refractivity contribution is 4.59. The third-order valence-corrected chi connectivity index (χ3v) is 0.925. The summed E-state index contributed by atoms with van der Waals surface area (Å²) in [5.74, 6) is 0. The first kappa shape index (κ1) is 4.97. The normalized spacial score (nSPS) is 28.3. The van der Waals surface area contributed by atoms with Crippen LogP contribution in [0.2, 0.25) is 0 Å². The lowest BCUT2D eigenvalue weighted by Crippen LogP contribution is -2.11. The minimum atomic E-state index is -2.81. The lowest BCUT2D eigenvalue weighted by atomic mass is 10.4. The van der Waals surface area contributed by atoms with E-state index in [1.807, 2.05) is 0 Å². The molecule has 1 aliphatic heterocycles. The van der Waals surface area contributed by atoms with Gasteiger partial charge >= 0.3 is 6.11 Å². The second-order valence-corrected chi connectivity index (χ2v) is 1.59. The van der Waals surface area contributed by atoms with Gasteiger partial charge in [0.1, 0.15) is 0 Å². The molecule has 0 unspecified atom stereocenters. The van der Waals surface area contributed by atoms with E-state index in [4.69, 9.17) is 0 Å². The van der Waals surface area contributed by atoms with Crippen molar-refractivity contribution in [2.75, 3.05) is 6.61 Å². The number of alkyl halides is 2. The molecule has 0 aromatic carbocycles. The molecule has 0 bridgehead atoms. The molecule has 1 nitrogen and oxygen atoms in total. The van der Waals surface area contributed by atoms with Gasteiger partial charge in [0.2, 0.25) is 0 Å². The van der Waals surface area contributed by atoms with Gasteiger partial charge in [-0.3, -0.25) is 0 Å². The maximum absolute atomic E-state index is 11.7. The van der Waals surface area contributed by atoms with Gasteiger partial charge in [0.25, 0.3) is 0 Å². The predicted octanol–water partition coefficient (Wildman–Crippen LogP) is 1.39. The van der Waals surface area contributed by atoms with Crippen molar-refractivity contribution < 1.29 is 13.5 Å². The smallest absolute Gasteiger partial charge is 0.320 e. The van der Waals surface area contributed by atoms with Crippen LogP contribution in [0.15, 0.2) is 0 Å². The average Bonchev–Trinajstić information content (AvgIpc) is 1.84. The van der Waals surface area contributed by atoms with Crippen LogP contribution in [0.4, 0.5) is 8.78 Å². The quantitative estimate of drug-likeness (QED) is 0.455. The Hall–Kier alpha value is -0.180. The third kappa shape index (κ3) is 1.09. The van der Waals surface area contributed by atoms with Gasteiger partial charge in [-0.05, 0) is 6.42 Å². The van der Waals surface area contributed by atoms with Crippen LogP contribution in [0.25, 0.3) is 0 Å². The van der Waals surface area contributed by atoms with Crippen molar-refractivity contribution in [3.05, 3.63) is 0 Å². The molecule has 0 spiro atoms. The van der Waals surface area contributed by atoms with Gasteiger partial charge in [-0.2, -0.15) is 8.78 Å². The summed E-state index contributed by atoms with van der Waals surface area (Å²) in [4.78, 5) is 0. The van der Waals surface area contributed by atoms with Crippen LogP contribution in [0.1, 0.15) is 12.8 Å². The molecule has 7 heavy (non-hydrogen) atoms. The van der Waals surface area contributed by atoms with E-state index in [2.05, 4.69) is 4.74 Å². The zero-order valence-corrected chi connectivity index (χ0v) is 3.79. The van der Waals surface area contributed by atoms with Gasteiger partial charge in [-0.25, -0.2) is 0 Å². The molecule has 1 saturated heterocycles. The molecule has 0 saturated carbocycles. The van der Waals surface area contributed by atoms with Crippen molar-refractivity contribution in [2.24, 2.45) is 0 Å². The first-order valence-electron chi connectivity index (χ1n) is 2.22. The van der Waals surface area contributed by atoms with E-state index in [9.17, 15) is 8.78 Å². The van der Waals surface area contributed by atoms with E-state index in [0.717, 1.165) is 0 Å². The van der Waals surface area contributed by atoms with Gasteiger partial charge < -0.3 is 4.74 Å². The Morgan fingerprint density at radius 3 is 2.29 bits per heavy atom. The Balaban J connectivity index is 2.40. The molecule has 0 amide bonds. The van der Waals surface area contributed by atoms with E-state index >= 15 is 0 Å². The summed E-state index contributed by atoms with van der Waals surface area (Å²) in [6.45, 7) is 0.215. The average molecular weight is 108 g/mol. The van der Waals surface area contributed by atoms with Crippen molar-refractivity contribution in [1.82, 2.24) is 0 Å². The number of halogens is 2. The molecule has 0 aromatic rings. The summed E-state index contributed by atoms with van der Waals surface area (Å²) in [6, 6.07) is 0. The third-order valence-electron chi connectivity index (χ3n) is 0.925. The molecule has 42 valence electrons. The fourth-order valence-corrected chi connectivity index (χ4v) is 0.572. The minimum Gasteiger partial charge on any atom is -0.320 e. The van der Waals surface area contributed by atoms with Gasteiger partial charge in [0.05, 0.1) is 6.61 Å². The highest BCUT2D eigenvalue weighted by Gasteiger charge is 2.33. The molecule has 0 radical (unpaired) electrons. The largest absolute Gasteiger partial charge is 0.355 e. The fraction of sp³-hybridized carbons (Fsp3) is 1.00. The molecule has 0 aromatic heterocycles. The Bertz CT molecular complexity index is 64.1. The van der Waals surface area contributed by atoms with Crippen LogP contribution >= 0.6 is 0 Å². The second kappa shape index (κ2) is 1.40. The van der Waals surface area contributed by atoms with E-state index in [-0.39, 0.29) is 13.0 Å². The maximum atomic E-state index is 11.7. The Morgan fingerprint density at radius 1 is 1.43 bits per heavy atom. The molecule has 1 rings (SSSR count). The van der Waals surface area contributed by atoms with Gasteiger partial charge in [0, 0.05) is 6.42 Å². The molecule has 1 fully saturated rings. The molecular weight excluding hydrogens is 102 g/mol. The number of ether oxygens (including phenoxy) is 1. The van der Waals surface area contributed by atoms with Crippen molar-refractivity contribution in [1.29, 1.82) is 0 Å². The van der Waals surface area contributed by atoms with Crippen LogP contribution in [-0.4, -0.2) is 12.7 Å². The summed E-state index contributed by atoms with van der Waals surface area (Å²) < 4.78 is 27.5. The topological polar surface area (TPSA) is 9.23 Å². The van der Waals surface area contributed by atoms with Crippen LogP contribution in [0.5, 0.6) is 0 Å². The van der Waals surface area contributed by atoms with Crippen molar-refractivity contribution >= 4 is 0 Å². The van der Waals surface area contributed by atoms with E-state index in [1.165, 1.54) is 0 Å². The maximum Gasteiger partial charge on any atom is 0.355 e. The molecule has 3 heteroatoms.